The van der Waals surface area contributed by atoms with E-state index in [2.05, 4.69) is 17.0 Å². The standard InChI is InChI=1S/C14H12N2O5.C5H10N2O2S/c15-7-1-3-9(11(17)5-7)13(19)21-14(20)10-4-2-8(16)6-12(10)18;6-3(5(8)9)1-2-4(7)10/h1-6,17-18H,15-16H2;3H,1-2,6H2,(H2,7,10)(H,8,9). The maximum atomic E-state index is 11.8. The number of benzene rings is 2. The number of carboxylic acid groups (broad SMARTS) is 1. The molecule has 0 fully saturated rings. The Bertz CT molecular complexity index is 936. The van der Waals surface area contributed by atoms with Gasteiger partial charge in [0.05, 0.1) is 4.99 Å². The van der Waals surface area contributed by atoms with Crippen molar-refractivity contribution in [1.29, 1.82) is 0 Å². The summed E-state index contributed by atoms with van der Waals surface area (Å²) in [7, 11) is 0. The molecule has 0 bridgehead atoms. The van der Waals surface area contributed by atoms with Gasteiger partial charge in [0.15, 0.2) is 0 Å². The molecule has 11 N–H and O–H groups in total. The number of thiocarbonyl (C=S) groups is 1. The van der Waals surface area contributed by atoms with Crippen molar-refractivity contribution >= 4 is 46.5 Å². The molecule has 0 radical (unpaired) electrons. The van der Waals surface area contributed by atoms with Crippen molar-refractivity contribution in [2.24, 2.45) is 11.5 Å². The van der Waals surface area contributed by atoms with Gasteiger partial charge in [-0.2, -0.15) is 0 Å². The van der Waals surface area contributed by atoms with E-state index in [1.807, 2.05) is 0 Å². The van der Waals surface area contributed by atoms with Crippen molar-refractivity contribution in [3.8, 4) is 11.5 Å². The highest BCUT2D eigenvalue weighted by Gasteiger charge is 2.20. The molecule has 0 heterocycles. The number of ether oxygens (including phenoxy) is 1. The molecule has 11 nitrogen and oxygen atoms in total. The second-order valence-electron chi connectivity index (χ2n) is 6.18. The van der Waals surface area contributed by atoms with Gasteiger partial charge in [0.2, 0.25) is 0 Å². The van der Waals surface area contributed by atoms with E-state index < -0.39 is 35.4 Å². The summed E-state index contributed by atoms with van der Waals surface area (Å²) < 4.78 is 4.58. The first-order chi connectivity index (χ1) is 14.4. The predicted molar refractivity (Wildman–Crippen MR) is 116 cm³/mol. The molecule has 0 aliphatic heterocycles. The van der Waals surface area contributed by atoms with Crippen LogP contribution in [0.1, 0.15) is 33.6 Å². The topological polar surface area (TPSA) is 225 Å². The summed E-state index contributed by atoms with van der Waals surface area (Å²) in [5.74, 6) is -3.96. The van der Waals surface area contributed by atoms with E-state index in [9.17, 15) is 24.6 Å². The Balaban J connectivity index is 0.000000407. The predicted octanol–water partition coefficient (Wildman–Crippen LogP) is 0.724. The van der Waals surface area contributed by atoms with Crippen molar-refractivity contribution in [3.05, 3.63) is 47.5 Å². The van der Waals surface area contributed by atoms with Gasteiger partial charge in [-0.25, -0.2) is 9.59 Å². The summed E-state index contributed by atoms with van der Waals surface area (Å²) in [6, 6.07) is 6.67. The highest BCUT2D eigenvalue weighted by atomic mass is 32.1. The van der Waals surface area contributed by atoms with Crippen LogP contribution in [0.5, 0.6) is 11.5 Å². The zero-order valence-electron chi connectivity index (χ0n) is 16.1. The number of rotatable bonds is 6. The van der Waals surface area contributed by atoms with Crippen LogP contribution in [0.25, 0.3) is 0 Å². The average Bonchev–Trinajstić information content (AvgIpc) is 2.66. The third-order valence-corrected chi connectivity index (χ3v) is 3.89. The second-order valence-corrected chi connectivity index (χ2v) is 6.70. The normalized spacial score (nSPS) is 10.9. The van der Waals surface area contributed by atoms with Gasteiger partial charge in [-0.1, -0.05) is 12.2 Å². The first kappa shape index (κ1) is 25.1. The first-order valence-electron chi connectivity index (χ1n) is 8.62. The Morgan fingerprint density at radius 3 is 1.68 bits per heavy atom. The fourth-order valence-corrected chi connectivity index (χ4v) is 2.18. The Kier molecular flexibility index (Phi) is 9.19. The minimum atomic E-state index is -1.06. The quantitative estimate of drug-likeness (QED) is 0.140. The first-order valence-corrected chi connectivity index (χ1v) is 9.03. The highest BCUT2D eigenvalue weighted by Crippen LogP contribution is 2.24. The Morgan fingerprint density at radius 1 is 0.935 bits per heavy atom. The zero-order valence-corrected chi connectivity index (χ0v) is 17.0. The highest BCUT2D eigenvalue weighted by molar-refractivity contribution is 7.80. The number of nitrogens with two attached hydrogens (primary N) is 4. The summed E-state index contributed by atoms with van der Waals surface area (Å²) in [4.78, 5) is 34.0. The van der Waals surface area contributed by atoms with E-state index in [0.717, 1.165) is 12.1 Å². The molecule has 2 rings (SSSR count). The van der Waals surface area contributed by atoms with E-state index in [0.29, 0.717) is 17.8 Å². The molecule has 0 amide bonds. The minimum absolute atomic E-state index is 0.215. The SMILES string of the molecule is NC(=S)CCC(N)C(=O)O.Nc1ccc(C(=O)OC(=O)c2ccc(N)cc2O)c(O)c1. The number of carbonyl (C=O) groups is 3. The molecule has 0 aromatic heterocycles. The van der Waals surface area contributed by atoms with E-state index in [-0.39, 0.29) is 22.5 Å². The van der Waals surface area contributed by atoms with Crippen LogP contribution < -0.4 is 22.9 Å². The molecule has 0 spiro atoms. The lowest BCUT2D eigenvalue weighted by molar-refractivity contribution is -0.138. The van der Waals surface area contributed by atoms with Crippen molar-refractivity contribution in [2.45, 2.75) is 18.9 Å². The van der Waals surface area contributed by atoms with Crippen molar-refractivity contribution < 1.29 is 34.4 Å². The molecule has 0 saturated heterocycles. The number of phenols is 2. The molecule has 0 aliphatic rings. The fraction of sp³-hybridized carbons (Fsp3) is 0.158. The molecular formula is C19H22N4O7S. The van der Waals surface area contributed by atoms with Crippen LogP contribution >= 0.6 is 12.2 Å². The number of hydrogen-bond donors (Lipinski definition) is 7. The van der Waals surface area contributed by atoms with Crippen LogP contribution in [-0.4, -0.2) is 44.3 Å². The number of phenolic OH excluding ortho intramolecular Hbond substituents is 2. The number of anilines is 2. The number of carboxylic acids is 1. The van der Waals surface area contributed by atoms with Gasteiger partial charge in [0.25, 0.3) is 0 Å². The van der Waals surface area contributed by atoms with Crippen molar-refractivity contribution in [2.75, 3.05) is 11.5 Å². The average molecular weight is 450 g/mol. The lowest BCUT2D eigenvalue weighted by Crippen LogP contribution is -2.31. The smallest absolute Gasteiger partial charge is 0.349 e. The summed E-state index contributed by atoms with van der Waals surface area (Å²) in [5.41, 5.74) is 21.2. The van der Waals surface area contributed by atoms with E-state index in [1.54, 1.807) is 0 Å². The van der Waals surface area contributed by atoms with Gasteiger partial charge in [-0.05, 0) is 37.1 Å². The molecular weight excluding hydrogens is 428 g/mol. The largest absolute Gasteiger partial charge is 0.507 e. The molecule has 1 atom stereocenters. The molecule has 31 heavy (non-hydrogen) atoms. The van der Waals surface area contributed by atoms with Crippen LogP contribution in [0.15, 0.2) is 36.4 Å². The molecule has 2 aromatic rings. The monoisotopic (exact) mass is 450 g/mol. The fourth-order valence-electron chi connectivity index (χ4n) is 2.06. The van der Waals surface area contributed by atoms with Gasteiger partial charge in [0.1, 0.15) is 28.7 Å². The van der Waals surface area contributed by atoms with Gasteiger partial charge in [0, 0.05) is 23.5 Å². The third-order valence-electron chi connectivity index (χ3n) is 3.69. The van der Waals surface area contributed by atoms with Gasteiger partial charge in [-0.3, -0.25) is 4.79 Å². The lowest BCUT2D eigenvalue weighted by Gasteiger charge is -2.07. The molecule has 12 heteroatoms. The molecule has 0 aliphatic carbocycles. The zero-order chi connectivity index (χ0) is 23.7. The van der Waals surface area contributed by atoms with E-state index in [4.69, 9.17) is 28.0 Å². The summed E-state index contributed by atoms with van der Waals surface area (Å²) in [6.45, 7) is 0. The number of carbonyl (C=O) groups excluding carboxylic acids is 2. The van der Waals surface area contributed by atoms with Crippen LogP contribution in [0.2, 0.25) is 0 Å². The molecule has 0 saturated carbocycles. The summed E-state index contributed by atoms with van der Waals surface area (Å²) >= 11 is 4.53. The van der Waals surface area contributed by atoms with Crippen LogP contribution in [0, 0.1) is 0 Å². The number of esters is 2. The van der Waals surface area contributed by atoms with E-state index in [1.165, 1.54) is 24.3 Å². The van der Waals surface area contributed by atoms with Crippen molar-refractivity contribution in [1.82, 2.24) is 0 Å². The number of aromatic hydroxyl groups is 2. The Morgan fingerprint density at radius 2 is 1.35 bits per heavy atom. The second kappa shape index (κ2) is 11.3. The van der Waals surface area contributed by atoms with E-state index >= 15 is 0 Å². The summed E-state index contributed by atoms with van der Waals surface area (Å²) in [5, 5.41) is 27.4. The lowest BCUT2D eigenvalue weighted by atomic mass is 10.1. The maximum Gasteiger partial charge on any atom is 0.349 e. The maximum absolute atomic E-state index is 11.8. The van der Waals surface area contributed by atoms with Crippen LogP contribution in [0.4, 0.5) is 11.4 Å². The Labute approximate surface area is 182 Å². The molecule has 1 unspecified atom stereocenters. The van der Waals surface area contributed by atoms with Crippen molar-refractivity contribution in [3.63, 3.8) is 0 Å². The minimum Gasteiger partial charge on any atom is -0.507 e. The van der Waals surface area contributed by atoms with Crippen LogP contribution in [0.3, 0.4) is 0 Å². The van der Waals surface area contributed by atoms with Gasteiger partial charge < -0.3 is 43.0 Å². The molecule has 166 valence electrons. The van der Waals surface area contributed by atoms with Gasteiger partial charge >= 0.3 is 17.9 Å². The Hall–Kier alpha value is -3.90. The number of nitrogen functional groups attached to an aromatic ring is 2. The number of hydrogen-bond acceptors (Lipinski definition) is 10. The summed E-state index contributed by atoms with van der Waals surface area (Å²) in [6.07, 6.45) is 0.702. The third kappa shape index (κ3) is 8.16. The number of aliphatic carboxylic acids is 1. The molecule has 2 aromatic carbocycles. The van der Waals surface area contributed by atoms with Gasteiger partial charge in [-0.15, -0.1) is 0 Å². The van der Waals surface area contributed by atoms with Crippen LogP contribution in [-0.2, 0) is 9.53 Å².